The molecule has 0 aromatic heterocycles. The van der Waals surface area contributed by atoms with Crippen LogP contribution in [-0.2, 0) is 16.0 Å². The number of carbonyl (C=O) groups is 2. The van der Waals surface area contributed by atoms with Crippen molar-refractivity contribution in [2.24, 2.45) is 10.8 Å². The van der Waals surface area contributed by atoms with Crippen molar-refractivity contribution in [3.8, 4) is 0 Å². The molecule has 0 fully saturated rings. The molecule has 4 heteroatoms. The average Bonchev–Trinajstić information content (AvgIpc) is 2.37. The second kappa shape index (κ2) is 6.81. The molecule has 0 aliphatic carbocycles. The van der Waals surface area contributed by atoms with Crippen LogP contribution in [0.15, 0.2) is 18.2 Å². The van der Waals surface area contributed by atoms with Gasteiger partial charge in [-0.3, -0.25) is 9.59 Å². The maximum absolute atomic E-state index is 13.3. The highest BCUT2D eigenvalue weighted by Crippen LogP contribution is 2.27. The second-order valence-electron chi connectivity index (χ2n) is 8.23. The molecule has 0 heterocycles. The lowest BCUT2D eigenvalue weighted by Crippen LogP contribution is -2.53. The number of rotatable bonds is 4. The van der Waals surface area contributed by atoms with E-state index in [0.717, 1.165) is 5.56 Å². The quantitative estimate of drug-likeness (QED) is 0.916. The van der Waals surface area contributed by atoms with Gasteiger partial charge in [-0.25, -0.2) is 4.39 Å². The van der Waals surface area contributed by atoms with Crippen LogP contribution in [0.2, 0.25) is 0 Å². The number of Topliss-reactive ketones (excluding diaryl/α,β-unsaturated/α-hetero) is 1. The molecule has 1 unspecified atom stereocenters. The average molecular weight is 321 g/mol. The van der Waals surface area contributed by atoms with Crippen molar-refractivity contribution in [2.45, 2.75) is 60.9 Å². The van der Waals surface area contributed by atoms with E-state index in [-0.39, 0.29) is 23.9 Å². The van der Waals surface area contributed by atoms with Crippen LogP contribution in [0.1, 0.15) is 52.7 Å². The Hall–Kier alpha value is -1.71. The lowest BCUT2D eigenvalue weighted by Gasteiger charge is -2.34. The lowest BCUT2D eigenvalue weighted by molar-refractivity contribution is -0.135. The third-order valence-electron chi connectivity index (χ3n) is 3.83. The summed E-state index contributed by atoms with van der Waals surface area (Å²) in [5, 5.41) is 2.85. The molecule has 3 nitrogen and oxygen atoms in total. The monoisotopic (exact) mass is 321 g/mol. The summed E-state index contributed by atoms with van der Waals surface area (Å²) in [5.74, 6) is -0.637. The van der Waals surface area contributed by atoms with Crippen LogP contribution in [0, 0.1) is 23.6 Å². The van der Waals surface area contributed by atoms with E-state index in [4.69, 9.17) is 0 Å². The van der Waals surface area contributed by atoms with Gasteiger partial charge in [-0.05, 0) is 35.6 Å². The Morgan fingerprint density at radius 3 is 2.17 bits per heavy atom. The van der Waals surface area contributed by atoms with Gasteiger partial charge in [0.05, 0.1) is 12.5 Å². The standard InChI is InChI=1S/C19H28FNO2/c1-12-8-9-14(20)10-13(12)11-15(22)21-16(18(2,3)4)17(23)19(5,6)7/h8-10,16H,11H2,1-7H3,(H,21,22). The Morgan fingerprint density at radius 2 is 1.70 bits per heavy atom. The summed E-state index contributed by atoms with van der Waals surface area (Å²) in [4.78, 5) is 25.0. The van der Waals surface area contributed by atoms with E-state index >= 15 is 0 Å². The zero-order valence-electron chi connectivity index (χ0n) is 15.2. The molecule has 1 aromatic carbocycles. The molecule has 23 heavy (non-hydrogen) atoms. The highest BCUT2D eigenvalue weighted by Gasteiger charge is 2.38. The number of nitrogens with one attached hydrogen (secondary N) is 1. The van der Waals surface area contributed by atoms with Crippen molar-refractivity contribution in [1.82, 2.24) is 5.32 Å². The molecule has 0 aliphatic rings. The summed E-state index contributed by atoms with van der Waals surface area (Å²) in [7, 11) is 0. The Morgan fingerprint density at radius 1 is 1.13 bits per heavy atom. The fraction of sp³-hybridized carbons (Fsp3) is 0.579. The number of aryl methyl sites for hydroxylation is 1. The van der Waals surface area contributed by atoms with E-state index in [2.05, 4.69) is 5.32 Å². The van der Waals surface area contributed by atoms with E-state index in [1.54, 1.807) is 6.07 Å². The molecule has 1 aromatic rings. The van der Waals surface area contributed by atoms with Gasteiger partial charge in [0.2, 0.25) is 5.91 Å². The number of ketones is 1. The molecule has 0 saturated carbocycles. The first kappa shape index (κ1) is 19.3. The molecule has 1 N–H and O–H groups in total. The molecule has 0 bridgehead atoms. The summed E-state index contributed by atoms with van der Waals surface area (Å²) in [5.41, 5.74) is 0.561. The molecule has 128 valence electrons. The van der Waals surface area contributed by atoms with Crippen molar-refractivity contribution in [2.75, 3.05) is 0 Å². The van der Waals surface area contributed by atoms with Gasteiger partial charge in [0, 0.05) is 5.41 Å². The molecular weight excluding hydrogens is 293 g/mol. The third kappa shape index (κ3) is 5.45. The number of amides is 1. The Balaban J connectivity index is 2.94. The Kier molecular flexibility index (Phi) is 5.73. The molecule has 0 radical (unpaired) electrons. The van der Waals surface area contributed by atoms with E-state index in [9.17, 15) is 14.0 Å². The van der Waals surface area contributed by atoms with Crippen LogP contribution in [0.4, 0.5) is 4.39 Å². The van der Waals surface area contributed by atoms with Crippen molar-refractivity contribution in [3.63, 3.8) is 0 Å². The van der Waals surface area contributed by atoms with Gasteiger partial charge in [-0.1, -0.05) is 47.6 Å². The first-order chi connectivity index (χ1) is 10.3. The van der Waals surface area contributed by atoms with Gasteiger partial charge in [0.1, 0.15) is 5.82 Å². The van der Waals surface area contributed by atoms with Crippen LogP contribution in [0.3, 0.4) is 0 Å². The number of benzene rings is 1. The Bertz CT molecular complexity index is 594. The van der Waals surface area contributed by atoms with E-state index < -0.39 is 16.9 Å². The molecule has 0 aliphatic heterocycles. The molecule has 0 spiro atoms. The van der Waals surface area contributed by atoms with Crippen molar-refractivity contribution in [1.29, 1.82) is 0 Å². The largest absolute Gasteiger partial charge is 0.345 e. The van der Waals surface area contributed by atoms with E-state index in [1.807, 2.05) is 48.5 Å². The summed E-state index contributed by atoms with van der Waals surface area (Å²) in [6.07, 6.45) is 0.0631. The molecule has 1 rings (SSSR count). The van der Waals surface area contributed by atoms with Crippen LogP contribution < -0.4 is 5.32 Å². The van der Waals surface area contributed by atoms with E-state index in [1.165, 1.54) is 12.1 Å². The number of hydrogen-bond acceptors (Lipinski definition) is 2. The van der Waals surface area contributed by atoms with Crippen molar-refractivity contribution in [3.05, 3.63) is 35.1 Å². The molecular formula is C19H28FNO2. The number of carbonyl (C=O) groups excluding carboxylic acids is 2. The van der Waals surface area contributed by atoms with Gasteiger partial charge >= 0.3 is 0 Å². The highest BCUT2D eigenvalue weighted by molar-refractivity contribution is 5.93. The summed E-state index contributed by atoms with van der Waals surface area (Å²) in [6.45, 7) is 13.1. The van der Waals surface area contributed by atoms with Gasteiger partial charge in [0.15, 0.2) is 5.78 Å². The lowest BCUT2D eigenvalue weighted by atomic mass is 9.75. The van der Waals surface area contributed by atoms with Crippen LogP contribution in [0.25, 0.3) is 0 Å². The van der Waals surface area contributed by atoms with Crippen LogP contribution in [-0.4, -0.2) is 17.7 Å². The zero-order chi connectivity index (χ0) is 18.0. The number of halogens is 1. The smallest absolute Gasteiger partial charge is 0.225 e. The minimum Gasteiger partial charge on any atom is -0.345 e. The van der Waals surface area contributed by atoms with Crippen molar-refractivity contribution >= 4 is 11.7 Å². The van der Waals surface area contributed by atoms with Crippen molar-refractivity contribution < 1.29 is 14.0 Å². The number of hydrogen-bond donors (Lipinski definition) is 1. The minimum absolute atomic E-state index is 0.00526. The normalized spacial score (nSPS) is 13.6. The Labute approximate surface area is 138 Å². The summed E-state index contributed by atoms with van der Waals surface area (Å²) in [6, 6.07) is 3.81. The molecule has 0 saturated heterocycles. The highest BCUT2D eigenvalue weighted by atomic mass is 19.1. The predicted molar refractivity (Wildman–Crippen MR) is 90.7 cm³/mol. The fourth-order valence-electron chi connectivity index (χ4n) is 2.32. The topological polar surface area (TPSA) is 46.2 Å². The maximum atomic E-state index is 13.3. The zero-order valence-corrected chi connectivity index (χ0v) is 15.2. The van der Waals surface area contributed by atoms with Crippen LogP contribution in [0.5, 0.6) is 0 Å². The summed E-state index contributed by atoms with van der Waals surface area (Å²) >= 11 is 0. The molecule has 1 atom stereocenters. The van der Waals surface area contributed by atoms with Gasteiger partial charge < -0.3 is 5.32 Å². The first-order valence-corrected chi connectivity index (χ1v) is 7.91. The SMILES string of the molecule is Cc1ccc(F)cc1CC(=O)NC(C(=O)C(C)(C)C)C(C)(C)C. The molecule has 1 amide bonds. The summed E-state index contributed by atoms with van der Waals surface area (Å²) < 4.78 is 13.3. The predicted octanol–water partition coefficient (Wildman–Crippen LogP) is 3.82. The second-order valence-corrected chi connectivity index (χ2v) is 8.23. The minimum atomic E-state index is -0.580. The fourth-order valence-corrected chi connectivity index (χ4v) is 2.32. The van der Waals surface area contributed by atoms with Gasteiger partial charge in [-0.15, -0.1) is 0 Å². The van der Waals surface area contributed by atoms with Gasteiger partial charge in [-0.2, -0.15) is 0 Å². The third-order valence-corrected chi connectivity index (χ3v) is 3.83. The first-order valence-electron chi connectivity index (χ1n) is 7.91. The van der Waals surface area contributed by atoms with Crippen LogP contribution >= 0.6 is 0 Å². The maximum Gasteiger partial charge on any atom is 0.225 e. The van der Waals surface area contributed by atoms with Gasteiger partial charge in [0.25, 0.3) is 0 Å². The van der Waals surface area contributed by atoms with E-state index in [0.29, 0.717) is 5.56 Å².